The van der Waals surface area contributed by atoms with E-state index >= 15 is 0 Å². The molecule has 0 bridgehead atoms. The van der Waals surface area contributed by atoms with Crippen LogP contribution in [0.3, 0.4) is 0 Å². The summed E-state index contributed by atoms with van der Waals surface area (Å²) in [5.74, 6) is -0.138. The summed E-state index contributed by atoms with van der Waals surface area (Å²) in [6, 6.07) is 19.0. The lowest BCUT2D eigenvalue weighted by molar-refractivity contribution is -0.117. The van der Waals surface area contributed by atoms with Gasteiger partial charge in [-0.1, -0.05) is 49.2 Å². The van der Waals surface area contributed by atoms with Gasteiger partial charge in [0.1, 0.15) is 11.3 Å². The van der Waals surface area contributed by atoms with Crippen molar-refractivity contribution in [3.05, 3.63) is 88.9 Å². The summed E-state index contributed by atoms with van der Waals surface area (Å²) < 4.78 is 7.23. The molecule has 1 aliphatic rings. The molecule has 2 aromatic carbocycles. The molecule has 32 heavy (non-hydrogen) atoms. The van der Waals surface area contributed by atoms with Crippen molar-refractivity contribution in [2.75, 3.05) is 0 Å². The molecule has 0 atom stereocenters. The van der Waals surface area contributed by atoms with Gasteiger partial charge in [-0.3, -0.25) is 4.79 Å². The van der Waals surface area contributed by atoms with E-state index in [1.165, 1.54) is 6.08 Å². The number of benzene rings is 2. The van der Waals surface area contributed by atoms with Gasteiger partial charge in [0.25, 0.3) is 0 Å². The molecule has 0 radical (unpaired) electrons. The second kappa shape index (κ2) is 8.67. The number of aromatic nitrogens is 2. The number of amides is 1. The molecule has 2 aromatic heterocycles. The topological polar surface area (TPSA) is 77.1 Å². The highest BCUT2D eigenvalue weighted by Crippen LogP contribution is 2.25. The lowest BCUT2D eigenvalue weighted by atomic mass is 10.1. The van der Waals surface area contributed by atoms with Crippen LogP contribution in [-0.4, -0.2) is 21.7 Å². The van der Waals surface area contributed by atoms with E-state index < -0.39 is 5.63 Å². The van der Waals surface area contributed by atoms with Crippen LogP contribution in [0.15, 0.2) is 82.1 Å². The molecule has 4 aromatic rings. The molecule has 160 valence electrons. The molecule has 2 heterocycles. The summed E-state index contributed by atoms with van der Waals surface area (Å²) in [5.41, 5.74) is 2.41. The largest absolute Gasteiger partial charge is 0.422 e. The third kappa shape index (κ3) is 4.12. The Morgan fingerprint density at radius 3 is 2.62 bits per heavy atom. The van der Waals surface area contributed by atoms with Crippen LogP contribution in [-0.2, 0) is 4.79 Å². The average Bonchev–Trinajstić information content (AvgIpc) is 3.48. The van der Waals surface area contributed by atoms with E-state index in [2.05, 4.69) is 10.4 Å². The van der Waals surface area contributed by atoms with Crippen LogP contribution >= 0.6 is 0 Å². The second-order valence-corrected chi connectivity index (χ2v) is 8.02. The van der Waals surface area contributed by atoms with Gasteiger partial charge in [-0.2, -0.15) is 5.10 Å². The van der Waals surface area contributed by atoms with Gasteiger partial charge in [0.15, 0.2) is 0 Å². The fourth-order valence-corrected chi connectivity index (χ4v) is 4.14. The first-order valence-corrected chi connectivity index (χ1v) is 10.8. The Kier molecular flexibility index (Phi) is 5.42. The Balaban J connectivity index is 1.55. The minimum atomic E-state index is -0.466. The number of nitrogens with zero attached hydrogens (tertiary/aromatic N) is 2. The maximum atomic E-state index is 12.8. The number of carbonyl (C=O) groups is 1. The molecule has 1 aliphatic carbocycles. The molecule has 0 spiro atoms. The van der Waals surface area contributed by atoms with Crippen molar-refractivity contribution in [2.45, 2.75) is 31.7 Å². The Bertz CT molecular complexity index is 1350. The number of nitrogens with one attached hydrogen (secondary N) is 1. The molecule has 0 unspecified atom stereocenters. The third-order valence-electron chi connectivity index (χ3n) is 5.78. The fraction of sp³-hybridized carbons (Fsp3) is 0.192. The summed E-state index contributed by atoms with van der Waals surface area (Å²) in [6.07, 6.45) is 9.39. The fourth-order valence-electron chi connectivity index (χ4n) is 4.14. The molecule has 1 fully saturated rings. The van der Waals surface area contributed by atoms with E-state index in [0.717, 1.165) is 36.8 Å². The minimum Gasteiger partial charge on any atom is -0.422 e. The highest BCUT2D eigenvalue weighted by atomic mass is 16.4. The zero-order valence-corrected chi connectivity index (χ0v) is 17.5. The SMILES string of the molecule is O=C(/C=C/c1cn(-c2ccccc2)nc1-c1cc2ccccc2oc1=O)NC1CCCC1. The standard InChI is InChI=1S/C26H23N3O3/c30-24(27-20-9-5-6-10-20)15-14-19-17-29(21-11-2-1-3-12-21)28-25(19)22-16-18-8-4-7-13-23(18)32-26(22)31/h1-4,7-8,11-17,20H,5-6,9-10H2,(H,27,30)/b15-14+. The average molecular weight is 425 g/mol. The maximum Gasteiger partial charge on any atom is 0.345 e. The number of hydrogen-bond acceptors (Lipinski definition) is 4. The van der Waals surface area contributed by atoms with E-state index in [-0.39, 0.29) is 11.9 Å². The number of hydrogen-bond donors (Lipinski definition) is 1. The van der Waals surface area contributed by atoms with Crippen molar-refractivity contribution in [1.29, 1.82) is 0 Å². The van der Waals surface area contributed by atoms with Crippen LogP contribution in [0, 0.1) is 0 Å². The summed E-state index contributed by atoms with van der Waals surface area (Å²) in [7, 11) is 0. The lowest BCUT2D eigenvalue weighted by Crippen LogP contribution is -2.30. The number of rotatable bonds is 5. The van der Waals surface area contributed by atoms with Crippen LogP contribution in [0.1, 0.15) is 31.2 Å². The summed E-state index contributed by atoms with van der Waals surface area (Å²) in [4.78, 5) is 25.2. The highest BCUT2D eigenvalue weighted by Gasteiger charge is 2.18. The zero-order chi connectivity index (χ0) is 21.9. The molecule has 1 saturated carbocycles. The molecule has 1 N–H and O–H groups in total. The Labute approximate surface area is 185 Å². The van der Waals surface area contributed by atoms with Gasteiger partial charge in [0.2, 0.25) is 5.91 Å². The van der Waals surface area contributed by atoms with E-state index in [9.17, 15) is 9.59 Å². The quantitative estimate of drug-likeness (QED) is 0.371. The van der Waals surface area contributed by atoms with Crippen molar-refractivity contribution < 1.29 is 9.21 Å². The van der Waals surface area contributed by atoms with E-state index in [1.807, 2.05) is 54.7 Å². The molecule has 0 saturated heterocycles. The number of carbonyl (C=O) groups excluding carboxylic acids is 1. The van der Waals surface area contributed by atoms with Crippen molar-refractivity contribution in [1.82, 2.24) is 15.1 Å². The van der Waals surface area contributed by atoms with Gasteiger partial charge in [0, 0.05) is 29.3 Å². The van der Waals surface area contributed by atoms with Crippen LogP contribution in [0.25, 0.3) is 34.0 Å². The van der Waals surface area contributed by atoms with Crippen molar-refractivity contribution in [3.63, 3.8) is 0 Å². The highest BCUT2D eigenvalue weighted by molar-refractivity contribution is 5.93. The second-order valence-electron chi connectivity index (χ2n) is 8.02. The van der Waals surface area contributed by atoms with Crippen LogP contribution in [0.2, 0.25) is 0 Å². The maximum absolute atomic E-state index is 12.8. The summed E-state index contributed by atoms with van der Waals surface area (Å²) in [6.45, 7) is 0. The smallest absolute Gasteiger partial charge is 0.345 e. The molecule has 6 heteroatoms. The van der Waals surface area contributed by atoms with Crippen LogP contribution in [0.5, 0.6) is 0 Å². The Morgan fingerprint density at radius 2 is 1.81 bits per heavy atom. The Hall–Kier alpha value is -3.93. The molecular formula is C26H23N3O3. The van der Waals surface area contributed by atoms with Gasteiger partial charge in [-0.25, -0.2) is 9.48 Å². The predicted molar refractivity (Wildman–Crippen MR) is 124 cm³/mol. The van der Waals surface area contributed by atoms with E-state index in [4.69, 9.17) is 4.42 Å². The van der Waals surface area contributed by atoms with Crippen LogP contribution in [0.4, 0.5) is 0 Å². The van der Waals surface area contributed by atoms with Gasteiger partial charge in [0.05, 0.1) is 11.3 Å². The number of fused-ring (bicyclic) bond motifs is 1. The lowest BCUT2D eigenvalue weighted by Gasteiger charge is -2.08. The van der Waals surface area contributed by atoms with Crippen molar-refractivity contribution >= 4 is 23.0 Å². The van der Waals surface area contributed by atoms with E-state index in [0.29, 0.717) is 22.4 Å². The van der Waals surface area contributed by atoms with Gasteiger partial charge >= 0.3 is 5.63 Å². The van der Waals surface area contributed by atoms with Gasteiger partial charge in [-0.05, 0) is 43.2 Å². The number of para-hydroxylation sites is 2. The molecule has 1 amide bonds. The summed E-state index contributed by atoms with van der Waals surface area (Å²) >= 11 is 0. The molecule has 0 aliphatic heterocycles. The molecular weight excluding hydrogens is 402 g/mol. The first-order valence-electron chi connectivity index (χ1n) is 10.8. The first kappa shape index (κ1) is 20.0. The van der Waals surface area contributed by atoms with Crippen molar-refractivity contribution in [2.24, 2.45) is 0 Å². The minimum absolute atomic E-state index is 0.138. The molecule has 5 rings (SSSR count). The normalized spacial score (nSPS) is 14.4. The summed E-state index contributed by atoms with van der Waals surface area (Å²) in [5, 5.41) is 8.53. The molecule has 6 nitrogen and oxygen atoms in total. The monoisotopic (exact) mass is 425 g/mol. The van der Waals surface area contributed by atoms with Gasteiger partial charge < -0.3 is 9.73 Å². The first-order chi connectivity index (χ1) is 15.7. The van der Waals surface area contributed by atoms with Crippen molar-refractivity contribution in [3.8, 4) is 16.9 Å². The zero-order valence-electron chi connectivity index (χ0n) is 17.5. The van der Waals surface area contributed by atoms with E-state index in [1.54, 1.807) is 22.9 Å². The van der Waals surface area contributed by atoms with Crippen LogP contribution < -0.4 is 10.9 Å². The third-order valence-corrected chi connectivity index (χ3v) is 5.78. The predicted octanol–water partition coefficient (Wildman–Crippen LogP) is 4.72. The Morgan fingerprint density at radius 1 is 1.06 bits per heavy atom. The van der Waals surface area contributed by atoms with Gasteiger partial charge in [-0.15, -0.1) is 0 Å².